The van der Waals surface area contributed by atoms with E-state index in [-0.39, 0.29) is 0 Å². The molecular formula is C16H18BrNS. The topological polar surface area (TPSA) is 12.0 Å². The van der Waals surface area contributed by atoms with Crippen LogP contribution in [0.25, 0.3) is 0 Å². The molecule has 0 bridgehead atoms. The molecule has 0 aliphatic carbocycles. The van der Waals surface area contributed by atoms with Crippen LogP contribution in [0.4, 0.5) is 0 Å². The lowest BCUT2D eigenvalue weighted by Crippen LogP contribution is -2.33. The van der Waals surface area contributed by atoms with Gasteiger partial charge in [-0.25, -0.2) is 0 Å². The molecule has 2 unspecified atom stereocenters. The molecule has 1 nitrogen and oxygen atoms in total. The monoisotopic (exact) mass is 335 g/mol. The van der Waals surface area contributed by atoms with Crippen LogP contribution in [0.15, 0.2) is 40.2 Å². The summed E-state index contributed by atoms with van der Waals surface area (Å²) < 4.78 is 1.28. The molecule has 2 aromatic rings. The van der Waals surface area contributed by atoms with Crippen LogP contribution in [0, 0.1) is 6.92 Å². The summed E-state index contributed by atoms with van der Waals surface area (Å²) in [5.41, 5.74) is 2.82. The van der Waals surface area contributed by atoms with Crippen molar-refractivity contribution in [3.05, 3.63) is 56.2 Å². The van der Waals surface area contributed by atoms with Gasteiger partial charge in [0.2, 0.25) is 0 Å². The second kappa shape index (κ2) is 5.78. The second-order valence-electron chi connectivity index (χ2n) is 5.25. The fourth-order valence-corrected chi connectivity index (χ4v) is 4.86. The van der Waals surface area contributed by atoms with Gasteiger partial charge in [-0.2, -0.15) is 0 Å². The smallest absolute Gasteiger partial charge is 0.0317 e. The van der Waals surface area contributed by atoms with Crippen LogP contribution in [-0.4, -0.2) is 13.1 Å². The third-order valence-electron chi connectivity index (χ3n) is 3.93. The van der Waals surface area contributed by atoms with Gasteiger partial charge in [-0.15, -0.1) is 11.3 Å². The average Bonchev–Trinajstić information content (AvgIpc) is 2.85. The molecule has 2 heterocycles. The lowest BCUT2D eigenvalue weighted by atomic mass is 9.80. The van der Waals surface area contributed by atoms with E-state index in [1.807, 2.05) is 11.3 Å². The summed E-state index contributed by atoms with van der Waals surface area (Å²) in [5.74, 6) is 1.22. The Bertz CT molecular complexity index is 563. The van der Waals surface area contributed by atoms with Crippen LogP contribution >= 0.6 is 27.3 Å². The van der Waals surface area contributed by atoms with E-state index < -0.39 is 0 Å². The zero-order valence-electron chi connectivity index (χ0n) is 11.0. The molecule has 0 spiro atoms. The standard InChI is InChI=1S/C16H18BrNS/c1-11-3-2-4-12(9-11)14-10-18-7-5-13(14)16-15(17)6-8-19-16/h2-4,6,8-9,13-14,18H,5,7,10H2,1H3. The SMILES string of the molecule is Cc1cccc(C2CNCCC2c2sccc2Br)c1. The quantitative estimate of drug-likeness (QED) is 0.840. The highest BCUT2D eigenvalue weighted by Crippen LogP contribution is 2.42. The number of hydrogen-bond acceptors (Lipinski definition) is 2. The summed E-state index contributed by atoms with van der Waals surface area (Å²) in [7, 11) is 0. The highest BCUT2D eigenvalue weighted by molar-refractivity contribution is 9.10. The Labute approximate surface area is 127 Å². The maximum atomic E-state index is 3.71. The van der Waals surface area contributed by atoms with Crippen molar-refractivity contribution in [2.24, 2.45) is 0 Å². The van der Waals surface area contributed by atoms with Gasteiger partial charge in [-0.3, -0.25) is 0 Å². The van der Waals surface area contributed by atoms with Crippen molar-refractivity contribution < 1.29 is 0 Å². The van der Waals surface area contributed by atoms with E-state index in [4.69, 9.17) is 0 Å². The Kier molecular flexibility index (Phi) is 4.06. The molecule has 1 aliphatic heterocycles. The van der Waals surface area contributed by atoms with Gasteiger partial charge < -0.3 is 5.32 Å². The number of nitrogens with one attached hydrogen (secondary N) is 1. The van der Waals surface area contributed by atoms with Crippen molar-refractivity contribution in [2.45, 2.75) is 25.2 Å². The third-order valence-corrected chi connectivity index (χ3v) is 5.94. The lowest BCUT2D eigenvalue weighted by molar-refractivity contribution is 0.407. The molecule has 19 heavy (non-hydrogen) atoms. The predicted molar refractivity (Wildman–Crippen MR) is 86.2 cm³/mol. The summed E-state index contributed by atoms with van der Waals surface area (Å²) in [4.78, 5) is 1.51. The number of aryl methyl sites for hydroxylation is 1. The molecule has 0 radical (unpaired) electrons. The van der Waals surface area contributed by atoms with E-state index in [2.05, 4.69) is 63.9 Å². The lowest BCUT2D eigenvalue weighted by Gasteiger charge is -2.32. The first-order chi connectivity index (χ1) is 9.25. The first-order valence-electron chi connectivity index (χ1n) is 6.76. The van der Waals surface area contributed by atoms with Crippen molar-refractivity contribution in [3.63, 3.8) is 0 Å². The molecule has 1 fully saturated rings. The summed E-state index contributed by atoms with van der Waals surface area (Å²) in [6.07, 6.45) is 1.22. The minimum absolute atomic E-state index is 0.587. The summed E-state index contributed by atoms with van der Waals surface area (Å²) >= 11 is 5.59. The van der Waals surface area contributed by atoms with Gasteiger partial charge in [-0.05, 0) is 52.8 Å². The van der Waals surface area contributed by atoms with Gasteiger partial charge in [0.05, 0.1) is 0 Å². The Balaban J connectivity index is 1.96. The number of rotatable bonds is 2. The first kappa shape index (κ1) is 13.3. The van der Waals surface area contributed by atoms with E-state index in [0.29, 0.717) is 11.8 Å². The Hall–Kier alpha value is -0.640. The summed E-state index contributed by atoms with van der Waals surface area (Å²) in [5, 5.41) is 5.74. The maximum absolute atomic E-state index is 3.71. The molecule has 1 aliphatic rings. The molecule has 100 valence electrons. The summed E-state index contributed by atoms with van der Waals surface area (Å²) in [6.45, 7) is 4.38. The Morgan fingerprint density at radius 1 is 1.26 bits per heavy atom. The van der Waals surface area contributed by atoms with Gasteiger partial charge in [0, 0.05) is 27.7 Å². The first-order valence-corrected chi connectivity index (χ1v) is 8.43. The zero-order valence-corrected chi connectivity index (χ0v) is 13.4. The zero-order chi connectivity index (χ0) is 13.2. The van der Waals surface area contributed by atoms with Crippen LogP contribution in [0.5, 0.6) is 0 Å². The molecule has 3 heteroatoms. The predicted octanol–water partition coefficient (Wildman–Crippen LogP) is 4.68. The van der Waals surface area contributed by atoms with Crippen LogP contribution in [-0.2, 0) is 0 Å². The fourth-order valence-electron chi connectivity index (χ4n) is 2.99. The Morgan fingerprint density at radius 3 is 2.89 bits per heavy atom. The van der Waals surface area contributed by atoms with E-state index in [0.717, 1.165) is 13.1 Å². The number of thiophene rings is 1. The highest BCUT2D eigenvalue weighted by Gasteiger charge is 2.29. The number of benzene rings is 1. The molecule has 1 N–H and O–H groups in total. The van der Waals surface area contributed by atoms with E-state index in [1.165, 1.54) is 26.9 Å². The van der Waals surface area contributed by atoms with Crippen LogP contribution in [0.2, 0.25) is 0 Å². The van der Waals surface area contributed by atoms with Crippen molar-refractivity contribution in [3.8, 4) is 0 Å². The third kappa shape index (κ3) is 2.78. The van der Waals surface area contributed by atoms with E-state index >= 15 is 0 Å². The molecule has 1 saturated heterocycles. The van der Waals surface area contributed by atoms with Crippen LogP contribution in [0.1, 0.15) is 34.3 Å². The molecule has 2 atom stereocenters. The number of halogens is 1. The molecule has 3 rings (SSSR count). The van der Waals surface area contributed by atoms with E-state index in [9.17, 15) is 0 Å². The molecule has 0 saturated carbocycles. The van der Waals surface area contributed by atoms with Crippen LogP contribution < -0.4 is 5.32 Å². The minimum Gasteiger partial charge on any atom is -0.316 e. The largest absolute Gasteiger partial charge is 0.316 e. The second-order valence-corrected chi connectivity index (χ2v) is 7.05. The van der Waals surface area contributed by atoms with Crippen LogP contribution in [0.3, 0.4) is 0 Å². The van der Waals surface area contributed by atoms with Gasteiger partial charge in [0.1, 0.15) is 0 Å². The summed E-state index contributed by atoms with van der Waals surface area (Å²) in [6, 6.07) is 11.1. The van der Waals surface area contributed by atoms with Crippen molar-refractivity contribution in [1.82, 2.24) is 5.32 Å². The molecule has 1 aromatic carbocycles. The van der Waals surface area contributed by atoms with Gasteiger partial charge in [-0.1, -0.05) is 29.8 Å². The van der Waals surface area contributed by atoms with Gasteiger partial charge in [0.15, 0.2) is 0 Å². The van der Waals surface area contributed by atoms with Crippen molar-refractivity contribution in [1.29, 1.82) is 0 Å². The maximum Gasteiger partial charge on any atom is 0.0317 e. The van der Waals surface area contributed by atoms with Gasteiger partial charge >= 0.3 is 0 Å². The molecule has 0 amide bonds. The molecule has 1 aromatic heterocycles. The number of piperidine rings is 1. The van der Waals surface area contributed by atoms with Crippen molar-refractivity contribution >= 4 is 27.3 Å². The molecular weight excluding hydrogens is 318 g/mol. The van der Waals surface area contributed by atoms with E-state index in [1.54, 1.807) is 0 Å². The minimum atomic E-state index is 0.587. The highest BCUT2D eigenvalue weighted by atomic mass is 79.9. The Morgan fingerprint density at radius 2 is 2.16 bits per heavy atom. The fraction of sp³-hybridized carbons (Fsp3) is 0.375. The average molecular weight is 336 g/mol. The van der Waals surface area contributed by atoms with Gasteiger partial charge in [0.25, 0.3) is 0 Å². The normalized spacial score (nSPS) is 23.5. The number of hydrogen-bond donors (Lipinski definition) is 1. The van der Waals surface area contributed by atoms with Crippen molar-refractivity contribution in [2.75, 3.05) is 13.1 Å².